The van der Waals surface area contributed by atoms with E-state index in [2.05, 4.69) is 21.9 Å². The van der Waals surface area contributed by atoms with Crippen LogP contribution in [0.25, 0.3) is 0 Å². The first kappa shape index (κ1) is 32.9. The summed E-state index contributed by atoms with van der Waals surface area (Å²) < 4.78 is 24.2. The summed E-state index contributed by atoms with van der Waals surface area (Å²) in [6.45, 7) is 7.91. The van der Waals surface area contributed by atoms with E-state index in [1.807, 2.05) is 6.21 Å². The zero-order valence-corrected chi connectivity index (χ0v) is 25.7. The van der Waals surface area contributed by atoms with Crippen molar-refractivity contribution in [2.24, 2.45) is 4.99 Å². The van der Waals surface area contributed by atoms with Gasteiger partial charge in [-0.25, -0.2) is 4.68 Å². The number of Topliss-reactive ketones (excluding diaryl/α,β-unsaturated/α-hetero) is 1. The Kier molecular flexibility index (Phi) is 11.5. The molecular weight excluding hydrogens is 596 g/mol. The number of benzene rings is 1. The maximum Gasteiger partial charge on any atom is 0.257 e. The second-order valence-electron chi connectivity index (χ2n) is 11.1. The van der Waals surface area contributed by atoms with Gasteiger partial charge in [0, 0.05) is 50.9 Å². The van der Waals surface area contributed by atoms with Gasteiger partial charge in [-0.05, 0) is 31.0 Å². The van der Waals surface area contributed by atoms with Crippen molar-refractivity contribution in [1.82, 2.24) is 24.8 Å². The lowest BCUT2D eigenvalue weighted by molar-refractivity contribution is -0.137. The summed E-state index contributed by atoms with van der Waals surface area (Å²) >= 11 is 0. The van der Waals surface area contributed by atoms with E-state index < -0.39 is 0 Å². The zero-order valence-electron chi connectivity index (χ0n) is 25.7. The molecule has 244 valence electrons. The van der Waals surface area contributed by atoms with Crippen molar-refractivity contribution in [2.75, 3.05) is 52.7 Å². The zero-order chi connectivity index (χ0) is 32.3. The minimum Gasteiger partial charge on any atom is -0.487 e. The summed E-state index contributed by atoms with van der Waals surface area (Å²) in [5, 5.41) is 8.26. The molecule has 0 aliphatic carbocycles. The second-order valence-corrected chi connectivity index (χ2v) is 11.1. The molecule has 5 rings (SSSR count). The van der Waals surface area contributed by atoms with E-state index in [1.54, 1.807) is 34.0 Å². The molecule has 1 atom stereocenters. The van der Waals surface area contributed by atoms with Gasteiger partial charge in [0.05, 0.1) is 63.1 Å². The number of carbonyl (C=O) groups excluding carboxylic acids is 4. The molecule has 0 spiro atoms. The number of hydrogen-bond acceptors (Lipinski definition) is 11. The molecule has 14 nitrogen and oxygen atoms in total. The van der Waals surface area contributed by atoms with Crippen LogP contribution < -0.4 is 4.74 Å². The topological polar surface area (TPSA) is 155 Å². The molecule has 46 heavy (non-hydrogen) atoms. The Morgan fingerprint density at radius 2 is 1.67 bits per heavy atom. The van der Waals surface area contributed by atoms with Crippen molar-refractivity contribution in [3.05, 3.63) is 60.0 Å². The molecule has 0 radical (unpaired) electrons. The molecule has 2 aromatic rings. The number of rotatable bonds is 19. The Hall–Kier alpha value is -4.53. The molecule has 0 N–H and O–H groups in total. The standard InChI is InChI=1S/C32H38N6O8/c1-23-17-25-19-33-29-5-4-27(18-28(29)32(42)38(25)20-23)46-22-24-21-36(35-34-24)10-12-44-14-16-45-15-13-43-11-2-3-26(39)8-9-37-30(40)6-7-31(37)41/h4-7,18-19,21,25H,1-3,8-17,20,22H2/t25-/m0/s1. The highest BCUT2D eigenvalue weighted by atomic mass is 16.5. The summed E-state index contributed by atoms with van der Waals surface area (Å²) in [4.78, 5) is 55.4. The van der Waals surface area contributed by atoms with Crippen LogP contribution in [0.4, 0.5) is 5.69 Å². The SMILES string of the molecule is C=C1C[C@H]2C=Nc3ccc(OCc4cn(CCOCCOCCOCCCC(=O)CCN5C(=O)C=CC5=O)nn4)cc3C(=O)N2C1. The number of fused-ring (bicyclic) bond motifs is 2. The van der Waals surface area contributed by atoms with Crippen molar-refractivity contribution < 1.29 is 38.1 Å². The molecule has 3 aliphatic heterocycles. The lowest BCUT2D eigenvalue weighted by Crippen LogP contribution is -2.35. The van der Waals surface area contributed by atoms with E-state index in [4.69, 9.17) is 18.9 Å². The third kappa shape index (κ3) is 9.02. The fourth-order valence-electron chi connectivity index (χ4n) is 5.15. The van der Waals surface area contributed by atoms with E-state index in [1.165, 1.54) is 12.2 Å². The number of imide groups is 1. The minimum atomic E-state index is -0.374. The lowest BCUT2D eigenvalue weighted by Gasteiger charge is -2.19. The van der Waals surface area contributed by atoms with Crippen LogP contribution in [0, 0.1) is 0 Å². The Labute approximate surface area is 266 Å². The Morgan fingerprint density at radius 3 is 2.46 bits per heavy atom. The molecule has 3 aliphatic rings. The van der Waals surface area contributed by atoms with E-state index >= 15 is 0 Å². The van der Waals surface area contributed by atoms with Gasteiger partial charge in [0.25, 0.3) is 17.7 Å². The fraction of sp³-hybridized carbons (Fsp3) is 0.469. The van der Waals surface area contributed by atoms with Crippen molar-refractivity contribution in [2.45, 2.75) is 44.9 Å². The predicted molar refractivity (Wildman–Crippen MR) is 165 cm³/mol. The Bertz CT molecular complexity index is 1480. The highest BCUT2D eigenvalue weighted by molar-refractivity contribution is 6.13. The maximum atomic E-state index is 13.1. The van der Waals surface area contributed by atoms with Crippen molar-refractivity contribution >= 4 is 35.4 Å². The highest BCUT2D eigenvalue weighted by Crippen LogP contribution is 2.32. The summed E-state index contributed by atoms with van der Waals surface area (Å²) in [5.74, 6) is -0.279. The van der Waals surface area contributed by atoms with Crippen LogP contribution in [0.15, 0.2) is 53.7 Å². The fourth-order valence-corrected chi connectivity index (χ4v) is 5.15. The van der Waals surface area contributed by atoms with Crippen LogP contribution in [0.3, 0.4) is 0 Å². The van der Waals surface area contributed by atoms with Gasteiger partial charge < -0.3 is 23.8 Å². The van der Waals surface area contributed by atoms with Crippen LogP contribution in [0.1, 0.15) is 41.7 Å². The molecule has 0 saturated carbocycles. The van der Waals surface area contributed by atoms with Gasteiger partial charge in [-0.2, -0.15) is 0 Å². The second kappa shape index (κ2) is 16.2. The van der Waals surface area contributed by atoms with Gasteiger partial charge in [0.15, 0.2) is 0 Å². The smallest absolute Gasteiger partial charge is 0.257 e. The molecule has 0 bridgehead atoms. The Balaban J connectivity index is 0.872. The molecule has 1 fully saturated rings. The van der Waals surface area contributed by atoms with Gasteiger partial charge in [-0.1, -0.05) is 17.4 Å². The van der Waals surface area contributed by atoms with E-state index in [0.717, 1.165) is 16.9 Å². The quantitative estimate of drug-likeness (QED) is 0.127. The van der Waals surface area contributed by atoms with Crippen molar-refractivity contribution in [3.8, 4) is 5.75 Å². The number of aromatic nitrogens is 3. The monoisotopic (exact) mass is 634 g/mol. The molecule has 1 aromatic carbocycles. The van der Waals surface area contributed by atoms with Crippen molar-refractivity contribution in [1.29, 1.82) is 0 Å². The molecular formula is C32H38N6O8. The summed E-state index contributed by atoms with van der Waals surface area (Å²) in [7, 11) is 0. The highest BCUT2D eigenvalue weighted by Gasteiger charge is 2.33. The van der Waals surface area contributed by atoms with Crippen molar-refractivity contribution in [3.63, 3.8) is 0 Å². The van der Waals surface area contributed by atoms with Crippen LogP contribution in [0.5, 0.6) is 5.75 Å². The number of carbonyl (C=O) groups is 4. The van der Waals surface area contributed by atoms with Crippen LogP contribution in [0.2, 0.25) is 0 Å². The van der Waals surface area contributed by atoms with Crippen LogP contribution in [-0.4, -0.2) is 113 Å². The number of nitrogens with zero attached hydrogens (tertiary/aromatic N) is 6. The van der Waals surface area contributed by atoms with E-state index in [9.17, 15) is 19.2 Å². The van der Waals surface area contributed by atoms with Crippen LogP contribution in [-0.2, 0) is 41.7 Å². The number of ether oxygens (including phenoxy) is 4. The van der Waals surface area contributed by atoms with Gasteiger partial charge in [-0.15, -0.1) is 5.10 Å². The summed E-state index contributed by atoms with van der Waals surface area (Å²) in [6, 6.07) is 5.26. The van der Waals surface area contributed by atoms with E-state index in [-0.39, 0.29) is 49.1 Å². The van der Waals surface area contributed by atoms with Gasteiger partial charge in [-0.3, -0.25) is 29.1 Å². The Morgan fingerprint density at radius 1 is 0.935 bits per heavy atom. The number of amides is 3. The molecule has 4 heterocycles. The van der Waals surface area contributed by atoms with Gasteiger partial charge in [0.2, 0.25) is 0 Å². The predicted octanol–water partition coefficient (Wildman–Crippen LogP) is 2.06. The number of aliphatic imine (C=N–C) groups is 1. The molecule has 3 amide bonds. The summed E-state index contributed by atoms with van der Waals surface area (Å²) in [5.41, 5.74) is 2.81. The van der Waals surface area contributed by atoms with Gasteiger partial charge in [0.1, 0.15) is 23.8 Å². The average molecular weight is 635 g/mol. The molecule has 14 heteroatoms. The maximum absolute atomic E-state index is 13.1. The number of ketones is 1. The first-order chi connectivity index (χ1) is 22.4. The first-order valence-electron chi connectivity index (χ1n) is 15.3. The van der Waals surface area contributed by atoms with Crippen LogP contribution >= 0.6 is 0 Å². The first-order valence-corrected chi connectivity index (χ1v) is 15.3. The average Bonchev–Trinajstić information content (AvgIpc) is 3.74. The number of hydrogen-bond donors (Lipinski definition) is 0. The molecule has 1 saturated heterocycles. The van der Waals surface area contributed by atoms with E-state index in [0.29, 0.717) is 88.3 Å². The third-order valence-electron chi connectivity index (χ3n) is 7.58. The summed E-state index contributed by atoms with van der Waals surface area (Å²) in [6.07, 6.45) is 7.82. The lowest BCUT2D eigenvalue weighted by atomic mass is 10.1. The largest absolute Gasteiger partial charge is 0.487 e. The van der Waals surface area contributed by atoms with Gasteiger partial charge >= 0.3 is 0 Å². The minimum absolute atomic E-state index is 0.0112. The normalized spacial score (nSPS) is 17.2. The third-order valence-corrected chi connectivity index (χ3v) is 7.58. The molecule has 1 aromatic heterocycles. The molecule has 0 unspecified atom stereocenters.